The summed E-state index contributed by atoms with van der Waals surface area (Å²) in [4.78, 5) is 4.47. The van der Waals surface area contributed by atoms with E-state index in [1.165, 1.54) is 58.9 Å². The molecule has 4 aromatic heterocycles. The summed E-state index contributed by atoms with van der Waals surface area (Å²) in [7, 11) is 0. The summed E-state index contributed by atoms with van der Waals surface area (Å²) in [5.41, 5.74) is 5.63. The third-order valence-electron chi connectivity index (χ3n) is 6.87. The van der Waals surface area contributed by atoms with Crippen molar-refractivity contribution in [2.75, 3.05) is 0 Å². The van der Waals surface area contributed by atoms with E-state index in [9.17, 15) is 0 Å². The zero-order chi connectivity index (χ0) is 24.2. The van der Waals surface area contributed by atoms with Gasteiger partial charge in [0.25, 0.3) is 0 Å². The Kier molecular flexibility index (Phi) is 2.77. The summed E-state index contributed by atoms with van der Waals surface area (Å²) in [5.74, 6) is 0. The molecule has 3 heteroatoms. The molecular weight excluding hydrogens is 420 g/mol. The maximum atomic E-state index is 7.61. The van der Waals surface area contributed by atoms with Crippen molar-refractivity contribution < 1.29 is 4.11 Å². The smallest absolute Gasteiger partial charge is 0.0702 e. The molecule has 0 bridgehead atoms. The minimum atomic E-state index is -2.15. The van der Waals surface area contributed by atoms with Crippen LogP contribution in [0.25, 0.3) is 69.5 Å². The van der Waals surface area contributed by atoms with Crippen molar-refractivity contribution in [1.29, 1.82) is 0 Å². The van der Waals surface area contributed by atoms with Gasteiger partial charge in [0, 0.05) is 57.6 Å². The molecule has 0 aliphatic heterocycles. The lowest BCUT2D eigenvalue weighted by atomic mass is 10.0. The molecule has 0 radical (unpaired) electrons. The summed E-state index contributed by atoms with van der Waals surface area (Å²) in [6.45, 7) is -2.15. The van der Waals surface area contributed by atoms with Crippen LogP contribution in [0, 0.1) is 6.85 Å². The summed E-state index contributed by atoms with van der Waals surface area (Å²) in [6.07, 6.45) is 1.46. The zero-order valence-corrected chi connectivity index (χ0v) is 18.3. The van der Waals surface area contributed by atoms with E-state index in [1.807, 2.05) is 11.3 Å². The molecule has 0 fully saturated rings. The number of fused-ring (bicyclic) bond motifs is 9. The number of aromatic nitrogens is 2. The van der Waals surface area contributed by atoms with Gasteiger partial charge < -0.3 is 4.40 Å². The normalized spacial score (nSPS) is 14.1. The van der Waals surface area contributed by atoms with E-state index in [2.05, 4.69) is 82.2 Å². The van der Waals surface area contributed by atoms with Gasteiger partial charge in [0.1, 0.15) is 0 Å². The molecule has 0 aliphatic rings. The largest absolute Gasteiger partial charge is 0.308 e. The average molecular weight is 442 g/mol. The Labute approximate surface area is 197 Å². The Hall–Kier alpha value is -3.95. The van der Waals surface area contributed by atoms with E-state index in [0.717, 1.165) is 16.8 Å². The number of hydrogen-bond acceptors (Lipinski definition) is 2. The maximum absolute atomic E-state index is 7.61. The molecule has 33 heavy (non-hydrogen) atoms. The third kappa shape index (κ3) is 2.25. The second-order valence-electron chi connectivity index (χ2n) is 8.66. The SMILES string of the molecule is [2H]C([2H])([2H])c1ccc(-c2ccc3c(c2)c2cccc4c5cc6sc7ccccc7c6cc5n3c24)nc1. The highest BCUT2D eigenvalue weighted by Crippen LogP contribution is 2.43. The van der Waals surface area contributed by atoms with Crippen molar-refractivity contribution >= 4 is 69.6 Å². The molecule has 0 unspecified atom stereocenters. The van der Waals surface area contributed by atoms with Gasteiger partial charge in [0.05, 0.1) is 22.2 Å². The molecule has 0 N–H and O–H groups in total. The van der Waals surface area contributed by atoms with Gasteiger partial charge in [-0.15, -0.1) is 11.3 Å². The minimum Gasteiger partial charge on any atom is -0.308 e. The fourth-order valence-corrected chi connectivity index (χ4v) is 6.55. The lowest BCUT2D eigenvalue weighted by Gasteiger charge is -2.03. The lowest BCUT2D eigenvalue weighted by molar-refractivity contribution is 1.27. The van der Waals surface area contributed by atoms with E-state index in [0.29, 0.717) is 0 Å². The third-order valence-corrected chi connectivity index (χ3v) is 8.01. The van der Waals surface area contributed by atoms with Crippen LogP contribution in [0.3, 0.4) is 0 Å². The molecule has 4 heterocycles. The highest BCUT2D eigenvalue weighted by molar-refractivity contribution is 7.25. The van der Waals surface area contributed by atoms with Crippen LogP contribution >= 0.6 is 11.3 Å². The molecule has 0 saturated carbocycles. The molecular formula is C30H18N2S. The lowest BCUT2D eigenvalue weighted by Crippen LogP contribution is -1.85. The maximum Gasteiger partial charge on any atom is 0.0702 e. The molecule has 8 aromatic rings. The van der Waals surface area contributed by atoms with E-state index in [1.54, 1.807) is 12.1 Å². The molecule has 0 atom stereocenters. The predicted octanol–water partition coefficient (Wildman–Crippen LogP) is 8.58. The van der Waals surface area contributed by atoms with Crippen molar-refractivity contribution in [3.63, 3.8) is 0 Å². The van der Waals surface area contributed by atoms with Crippen LogP contribution in [0.4, 0.5) is 0 Å². The quantitative estimate of drug-likeness (QED) is 0.249. The highest BCUT2D eigenvalue weighted by atomic mass is 32.1. The van der Waals surface area contributed by atoms with Crippen molar-refractivity contribution in [2.45, 2.75) is 6.85 Å². The number of benzene rings is 4. The van der Waals surface area contributed by atoms with Gasteiger partial charge in [-0.3, -0.25) is 4.98 Å². The summed E-state index contributed by atoms with van der Waals surface area (Å²) < 4.78 is 27.9. The Morgan fingerprint density at radius 2 is 1.55 bits per heavy atom. The number of rotatable bonds is 1. The number of pyridine rings is 1. The van der Waals surface area contributed by atoms with Crippen LogP contribution in [0.1, 0.15) is 9.68 Å². The first-order chi connectivity index (χ1) is 17.5. The first-order valence-electron chi connectivity index (χ1n) is 12.5. The van der Waals surface area contributed by atoms with Gasteiger partial charge in [-0.2, -0.15) is 0 Å². The van der Waals surface area contributed by atoms with Crippen molar-refractivity contribution in [3.05, 3.63) is 96.7 Å². The van der Waals surface area contributed by atoms with Gasteiger partial charge in [0.15, 0.2) is 0 Å². The first kappa shape index (κ1) is 15.0. The molecule has 0 spiro atoms. The molecule has 4 aromatic carbocycles. The van der Waals surface area contributed by atoms with Gasteiger partial charge in [-0.05, 0) is 48.8 Å². The monoisotopic (exact) mass is 441 g/mol. The van der Waals surface area contributed by atoms with Crippen molar-refractivity contribution in [2.24, 2.45) is 0 Å². The Balaban J connectivity index is 1.42. The second-order valence-corrected chi connectivity index (χ2v) is 9.75. The van der Waals surface area contributed by atoms with E-state index >= 15 is 0 Å². The number of hydrogen-bond donors (Lipinski definition) is 0. The highest BCUT2D eigenvalue weighted by Gasteiger charge is 2.19. The Bertz CT molecular complexity index is 2130. The predicted molar refractivity (Wildman–Crippen MR) is 142 cm³/mol. The van der Waals surface area contributed by atoms with Crippen molar-refractivity contribution in [3.8, 4) is 11.3 Å². The fourth-order valence-electron chi connectivity index (χ4n) is 5.42. The van der Waals surface area contributed by atoms with E-state index in [-0.39, 0.29) is 5.56 Å². The number of para-hydroxylation sites is 1. The van der Waals surface area contributed by atoms with Crippen LogP contribution in [0.15, 0.2) is 91.1 Å². The van der Waals surface area contributed by atoms with Crippen LogP contribution in [0.5, 0.6) is 0 Å². The summed E-state index contributed by atoms with van der Waals surface area (Å²) in [5, 5.41) is 7.53. The van der Waals surface area contributed by atoms with E-state index in [4.69, 9.17) is 4.11 Å². The van der Waals surface area contributed by atoms with Crippen LogP contribution in [-0.2, 0) is 0 Å². The minimum absolute atomic E-state index is 0.256. The van der Waals surface area contributed by atoms with Crippen LogP contribution < -0.4 is 0 Å². The number of aryl methyl sites for hydroxylation is 1. The number of thiophene rings is 1. The van der Waals surface area contributed by atoms with Crippen LogP contribution in [-0.4, -0.2) is 9.38 Å². The topological polar surface area (TPSA) is 17.3 Å². The van der Waals surface area contributed by atoms with Gasteiger partial charge in [-0.1, -0.05) is 48.5 Å². The van der Waals surface area contributed by atoms with Crippen molar-refractivity contribution in [1.82, 2.24) is 9.38 Å². The molecule has 8 rings (SSSR count). The van der Waals surface area contributed by atoms with Gasteiger partial charge in [-0.25, -0.2) is 0 Å². The zero-order valence-electron chi connectivity index (χ0n) is 20.5. The second kappa shape index (κ2) is 6.09. The molecule has 0 aliphatic carbocycles. The summed E-state index contributed by atoms with van der Waals surface area (Å²) >= 11 is 1.85. The first-order valence-corrected chi connectivity index (χ1v) is 11.8. The average Bonchev–Trinajstić information content (AvgIpc) is 3.53. The van der Waals surface area contributed by atoms with Gasteiger partial charge in [0.2, 0.25) is 0 Å². The Morgan fingerprint density at radius 3 is 2.39 bits per heavy atom. The standard InChI is InChI=1S/C30H18N2S/c1-17-9-11-25(31-16-17)18-10-12-26-22(13-18)20-6-4-7-21-23-15-29-24(14-27(23)32(26)30(20)21)19-5-2-3-8-28(19)33-29/h2-16H,1H3/i1D3. The number of nitrogens with zero attached hydrogens (tertiary/aromatic N) is 2. The Morgan fingerprint density at radius 1 is 0.697 bits per heavy atom. The molecule has 2 nitrogen and oxygen atoms in total. The summed E-state index contributed by atoms with van der Waals surface area (Å²) in [6, 6.07) is 29.8. The van der Waals surface area contributed by atoms with Crippen LogP contribution in [0.2, 0.25) is 0 Å². The molecule has 0 saturated heterocycles. The molecule has 154 valence electrons. The fraction of sp³-hybridized carbons (Fsp3) is 0.0333. The van der Waals surface area contributed by atoms with Gasteiger partial charge >= 0.3 is 0 Å². The van der Waals surface area contributed by atoms with E-state index < -0.39 is 6.85 Å². The molecule has 0 amide bonds.